The third kappa shape index (κ3) is 11.1. The molecular weight excluding hydrogens is 552 g/mol. The predicted octanol–water partition coefficient (Wildman–Crippen LogP) is 9.77. The van der Waals surface area contributed by atoms with Gasteiger partial charge in [-0.1, -0.05) is 78.1 Å². The highest BCUT2D eigenvalue weighted by molar-refractivity contribution is 9.10. The van der Waals surface area contributed by atoms with Crippen molar-refractivity contribution in [2.75, 3.05) is 6.61 Å². The van der Waals surface area contributed by atoms with Crippen molar-refractivity contribution in [3.05, 3.63) is 70.5 Å². The summed E-state index contributed by atoms with van der Waals surface area (Å²) in [6.45, 7) is 5.14. The van der Waals surface area contributed by atoms with E-state index in [1.54, 1.807) is 24.3 Å². The summed E-state index contributed by atoms with van der Waals surface area (Å²) >= 11 is 3.53. The van der Waals surface area contributed by atoms with Gasteiger partial charge in [-0.2, -0.15) is 0 Å². The molecule has 5 nitrogen and oxygen atoms in total. The topological polar surface area (TPSA) is 61.3 Å². The summed E-state index contributed by atoms with van der Waals surface area (Å²) < 4.78 is 12.2. The van der Waals surface area contributed by atoms with E-state index in [4.69, 9.17) is 9.47 Å². The van der Waals surface area contributed by atoms with Gasteiger partial charge in [-0.15, -0.1) is 0 Å². The van der Waals surface area contributed by atoms with Crippen molar-refractivity contribution in [2.24, 2.45) is 0 Å². The van der Waals surface area contributed by atoms with Crippen LogP contribution in [0.5, 0.6) is 11.5 Å². The molecule has 0 amide bonds. The second-order valence-corrected chi connectivity index (χ2v) is 11.0. The van der Waals surface area contributed by atoms with Gasteiger partial charge in [0.05, 0.1) is 16.6 Å². The first kappa shape index (κ1) is 30.8. The smallest absolute Gasteiger partial charge is 0.343 e. The number of aromatic nitrogens is 2. The fourth-order valence-corrected chi connectivity index (χ4v) is 4.88. The number of hydrogen-bond donors (Lipinski definition) is 0. The number of hydrogen-bond acceptors (Lipinski definition) is 5. The van der Waals surface area contributed by atoms with Gasteiger partial charge in [-0.3, -0.25) is 0 Å². The summed E-state index contributed by atoms with van der Waals surface area (Å²) in [5.41, 5.74) is 2.51. The van der Waals surface area contributed by atoms with Gasteiger partial charge in [0.2, 0.25) is 0 Å². The molecule has 0 radical (unpaired) electrons. The van der Waals surface area contributed by atoms with Crippen molar-refractivity contribution in [2.45, 2.75) is 97.3 Å². The Bertz CT molecular complexity index is 1120. The van der Waals surface area contributed by atoms with Crippen molar-refractivity contribution in [3.8, 4) is 22.9 Å². The van der Waals surface area contributed by atoms with Crippen molar-refractivity contribution in [1.82, 2.24) is 9.97 Å². The molecule has 6 heteroatoms. The van der Waals surface area contributed by atoms with E-state index in [1.165, 1.54) is 76.2 Å². The van der Waals surface area contributed by atoms with Crippen LogP contribution in [0.4, 0.5) is 0 Å². The molecule has 0 fully saturated rings. The van der Waals surface area contributed by atoms with Crippen LogP contribution in [0.15, 0.2) is 59.3 Å². The minimum absolute atomic E-state index is 0.415. The lowest BCUT2D eigenvalue weighted by atomic mass is 10.1. The lowest BCUT2D eigenvalue weighted by molar-refractivity contribution is 0.0734. The maximum Gasteiger partial charge on any atom is 0.343 e. The van der Waals surface area contributed by atoms with E-state index >= 15 is 0 Å². The van der Waals surface area contributed by atoms with E-state index in [2.05, 4.69) is 39.7 Å². The number of rotatable bonds is 18. The molecule has 2 aromatic carbocycles. The number of unbranched alkanes of at least 4 members (excludes halogenated alkanes) is 10. The minimum Gasteiger partial charge on any atom is -0.492 e. The Morgan fingerprint density at radius 1 is 0.769 bits per heavy atom. The summed E-state index contributed by atoms with van der Waals surface area (Å²) in [6, 6.07) is 12.6. The number of esters is 1. The van der Waals surface area contributed by atoms with Crippen molar-refractivity contribution < 1.29 is 14.3 Å². The summed E-state index contributed by atoms with van der Waals surface area (Å²) in [5, 5.41) is 0. The second kappa shape index (κ2) is 17.8. The molecular formula is C33H43BrN2O3. The molecule has 0 saturated heterocycles. The number of halogens is 1. The Morgan fingerprint density at radius 3 is 2.03 bits per heavy atom. The number of benzene rings is 2. The third-order valence-corrected chi connectivity index (χ3v) is 7.39. The average Bonchev–Trinajstić information content (AvgIpc) is 2.96. The normalized spacial score (nSPS) is 10.9. The van der Waals surface area contributed by atoms with E-state index in [1.807, 2.05) is 30.6 Å². The Balaban J connectivity index is 1.44. The molecule has 1 heterocycles. The molecule has 0 aliphatic carbocycles. The van der Waals surface area contributed by atoms with E-state index in [9.17, 15) is 4.79 Å². The summed E-state index contributed by atoms with van der Waals surface area (Å²) in [5.74, 6) is 1.47. The van der Waals surface area contributed by atoms with Gasteiger partial charge < -0.3 is 9.47 Å². The fraction of sp³-hybridized carbons (Fsp3) is 0.485. The molecule has 0 atom stereocenters. The number of aryl methyl sites for hydroxylation is 1. The van der Waals surface area contributed by atoms with E-state index in [0.29, 0.717) is 23.7 Å². The van der Waals surface area contributed by atoms with Crippen LogP contribution in [0.2, 0.25) is 0 Å². The van der Waals surface area contributed by atoms with Gasteiger partial charge in [0.1, 0.15) is 11.5 Å². The van der Waals surface area contributed by atoms with E-state index in [-0.39, 0.29) is 0 Å². The average molecular weight is 596 g/mol. The van der Waals surface area contributed by atoms with Gasteiger partial charge in [0.25, 0.3) is 0 Å². The molecule has 210 valence electrons. The Hall–Kier alpha value is -2.73. The van der Waals surface area contributed by atoms with Gasteiger partial charge in [-0.25, -0.2) is 14.8 Å². The first-order valence-corrected chi connectivity index (χ1v) is 15.5. The van der Waals surface area contributed by atoms with Crippen molar-refractivity contribution >= 4 is 21.9 Å². The largest absolute Gasteiger partial charge is 0.492 e. The molecule has 0 aliphatic heterocycles. The Morgan fingerprint density at radius 2 is 1.38 bits per heavy atom. The van der Waals surface area contributed by atoms with Crippen molar-refractivity contribution in [1.29, 1.82) is 0 Å². The maximum absolute atomic E-state index is 12.7. The SMILES string of the molecule is CCCCCCCCCOc1ccc(C(=O)Oc2ccc(-c3ncc(CCCCCCC)cn3)cc2)cc1Br. The molecule has 0 N–H and O–H groups in total. The maximum atomic E-state index is 12.7. The summed E-state index contributed by atoms with van der Waals surface area (Å²) in [7, 11) is 0. The first-order valence-electron chi connectivity index (χ1n) is 14.7. The van der Waals surface area contributed by atoms with Gasteiger partial charge in [0, 0.05) is 18.0 Å². The van der Waals surface area contributed by atoms with Crippen LogP contribution in [0.3, 0.4) is 0 Å². The Kier molecular flexibility index (Phi) is 14.0. The van der Waals surface area contributed by atoms with Gasteiger partial charge >= 0.3 is 5.97 Å². The predicted molar refractivity (Wildman–Crippen MR) is 163 cm³/mol. The molecule has 0 bridgehead atoms. The molecule has 3 rings (SSSR count). The zero-order chi connectivity index (χ0) is 27.7. The highest BCUT2D eigenvalue weighted by Gasteiger charge is 2.12. The van der Waals surface area contributed by atoms with Crippen LogP contribution in [0.1, 0.15) is 107 Å². The molecule has 0 spiro atoms. The number of carbonyl (C=O) groups is 1. The fourth-order valence-electron chi connectivity index (χ4n) is 4.39. The molecule has 0 saturated carbocycles. The molecule has 39 heavy (non-hydrogen) atoms. The second-order valence-electron chi connectivity index (χ2n) is 10.1. The molecule has 0 aliphatic rings. The van der Waals surface area contributed by atoms with Gasteiger partial charge in [0.15, 0.2) is 5.82 Å². The summed E-state index contributed by atoms with van der Waals surface area (Å²) in [4.78, 5) is 21.8. The molecule has 1 aromatic heterocycles. The van der Waals surface area contributed by atoms with Crippen molar-refractivity contribution in [3.63, 3.8) is 0 Å². The number of ether oxygens (including phenoxy) is 2. The van der Waals surface area contributed by atoms with Crippen LogP contribution in [-0.4, -0.2) is 22.5 Å². The van der Waals surface area contributed by atoms with E-state index in [0.717, 1.165) is 28.6 Å². The zero-order valence-electron chi connectivity index (χ0n) is 23.6. The first-order chi connectivity index (χ1) is 19.1. The zero-order valence-corrected chi connectivity index (χ0v) is 25.2. The molecule has 3 aromatic rings. The van der Waals surface area contributed by atoms with E-state index < -0.39 is 5.97 Å². The summed E-state index contributed by atoms with van der Waals surface area (Å²) in [6.07, 6.45) is 19.8. The molecule has 0 unspecified atom stereocenters. The number of carbonyl (C=O) groups excluding carboxylic acids is 1. The monoisotopic (exact) mass is 594 g/mol. The van der Waals surface area contributed by atoms with Crippen LogP contribution >= 0.6 is 15.9 Å². The highest BCUT2D eigenvalue weighted by Crippen LogP contribution is 2.27. The van der Waals surface area contributed by atoms with Crippen LogP contribution < -0.4 is 9.47 Å². The Labute approximate surface area is 242 Å². The minimum atomic E-state index is -0.415. The van der Waals surface area contributed by atoms with Gasteiger partial charge in [-0.05, 0) is 83.2 Å². The number of nitrogens with zero attached hydrogens (tertiary/aromatic N) is 2. The standard InChI is InChI=1S/C33H43BrN2O3/c1-3-5-7-9-10-12-14-22-38-31-21-18-28(23-30(31)34)33(37)39-29-19-16-27(17-20-29)32-35-24-26(25-36-32)15-13-11-8-6-4-2/h16-21,23-25H,3-15,22H2,1-2H3. The highest BCUT2D eigenvalue weighted by atomic mass is 79.9. The lowest BCUT2D eigenvalue weighted by Crippen LogP contribution is -2.09. The lowest BCUT2D eigenvalue weighted by Gasteiger charge is -2.10. The van der Waals surface area contributed by atoms with Crippen LogP contribution in [0, 0.1) is 0 Å². The van der Waals surface area contributed by atoms with Crippen LogP contribution in [-0.2, 0) is 6.42 Å². The van der Waals surface area contributed by atoms with Crippen LogP contribution in [0.25, 0.3) is 11.4 Å². The quantitative estimate of drug-likeness (QED) is 0.0832. The third-order valence-electron chi connectivity index (χ3n) is 6.77.